The molecule has 0 saturated carbocycles. The second-order valence-corrected chi connectivity index (χ2v) is 4.83. The molecule has 3 nitrogen and oxygen atoms in total. The highest BCUT2D eigenvalue weighted by atomic mass is 32.2. The molecule has 0 amide bonds. The molecule has 0 aliphatic carbocycles. The zero-order chi connectivity index (χ0) is 9.83. The van der Waals surface area contributed by atoms with Gasteiger partial charge in [0.2, 0.25) is 0 Å². The average molecular weight is 191 g/mol. The van der Waals surface area contributed by atoms with Gasteiger partial charge in [-0.2, -0.15) is 5.26 Å². The number of halogens is 1. The highest BCUT2D eigenvalue weighted by molar-refractivity contribution is 7.92. The number of nitrogens with zero attached hydrogens (tertiary/aromatic N) is 1. The molecule has 0 N–H and O–H groups in total. The summed E-state index contributed by atoms with van der Waals surface area (Å²) in [6.45, 7) is 2.07. The molecule has 0 aromatic rings. The zero-order valence-electron chi connectivity index (χ0n) is 6.75. The third-order valence-electron chi connectivity index (χ3n) is 1.60. The van der Waals surface area contributed by atoms with Crippen LogP contribution in [0.3, 0.4) is 0 Å². The van der Waals surface area contributed by atoms with E-state index in [0.29, 0.717) is 0 Å². The molecule has 0 spiro atoms. The first-order valence-electron chi connectivity index (χ1n) is 3.21. The quantitative estimate of drug-likeness (QED) is 0.619. The van der Waals surface area contributed by atoms with Crippen LogP contribution in [0.5, 0.6) is 0 Å². The van der Waals surface area contributed by atoms with E-state index in [4.69, 9.17) is 5.26 Å². The van der Waals surface area contributed by atoms with Gasteiger partial charge in [-0.25, -0.2) is 12.8 Å². The molecule has 5 heteroatoms. The number of nitriles is 1. The molecule has 0 aliphatic rings. The Balaban J connectivity index is 5.14. The molecule has 0 heterocycles. The molecule has 0 fully saturated rings. The van der Waals surface area contributed by atoms with E-state index in [-0.39, 0.29) is 6.42 Å². The summed E-state index contributed by atoms with van der Waals surface area (Å²) in [6.07, 6.45) is 1.89. The third kappa shape index (κ3) is 1.83. The SMILES string of the molecule is C=CCC(C#N)(CF)S(C)(=O)=O. The van der Waals surface area contributed by atoms with E-state index in [0.717, 1.165) is 6.26 Å². The lowest BCUT2D eigenvalue weighted by molar-refractivity contribution is 0.424. The lowest BCUT2D eigenvalue weighted by atomic mass is 10.1. The normalized spacial score (nSPS) is 16.1. The molecule has 12 heavy (non-hydrogen) atoms. The number of allylic oxidation sites excluding steroid dienone is 1. The third-order valence-corrected chi connectivity index (χ3v) is 3.39. The maximum absolute atomic E-state index is 12.3. The van der Waals surface area contributed by atoms with Crippen LogP contribution in [0.4, 0.5) is 4.39 Å². The monoisotopic (exact) mass is 191 g/mol. The van der Waals surface area contributed by atoms with Gasteiger partial charge in [0, 0.05) is 12.7 Å². The van der Waals surface area contributed by atoms with E-state index in [1.54, 1.807) is 0 Å². The van der Waals surface area contributed by atoms with Gasteiger partial charge in [-0.15, -0.1) is 6.58 Å². The minimum absolute atomic E-state index is 0.182. The number of hydrogen-bond donors (Lipinski definition) is 0. The van der Waals surface area contributed by atoms with Gasteiger partial charge in [-0.3, -0.25) is 0 Å². The second kappa shape index (κ2) is 3.68. The van der Waals surface area contributed by atoms with Crippen molar-refractivity contribution in [2.45, 2.75) is 11.2 Å². The molecule has 0 bridgehead atoms. The van der Waals surface area contributed by atoms with Gasteiger partial charge in [0.15, 0.2) is 14.6 Å². The Morgan fingerprint density at radius 1 is 1.75 bits per heavy atom. The van der Waals surface area contributed by atoms with Crippen molar-refractivity contribution < 1.29 is 12.8 Å². The maximum Gasteiger partial charge on any atom is 0.189 e. The van der Waals surface area contributed by atoms with Crippen molar-refractivity contribution in [3.63, 3.8) is 0 Å². The predicted molar refractivity (Wildman–Crippen MR) is 44.0 cm³/mol. The van der Waals surface area contributed by atoms with Crippen LogP contribution in [0.25, 0.3) is 0 Å². The summed E-state index contributed by atoms with van der Waals surface area (Å²) in [5.41, 5.74) is 0. The van der Waals surface area contributed by atoms with Crippen LogP contribution in [0.15, 0.2) is 12.7 Å². The molecular weight excluding hydrogens is 181 g/mol. The van der Waals surface area contributed by atoms with Gasteiger partial charge in [0.05, 0.1) is 6.07 Å². The average Bonchev–Trinajstić information content (AvgIpc) is 1.98. The lowest BCUT2D eigenvalue weighted by Gasteiger charge is -2.18. The molecule has 0 rings (SSSR count). The summed E-state index contributed by atoms with van der Waals surface area (Å²) >= 11 is 0. The highest BCUT2D eigenvalue weighted by Gasteiger charge is 2.40. The highest BCUT2D eigenvalue weighted by Crippen LogP contribution is 2.21. The molecule has 68 valence electrons. The van der Waals surface area contributed by atoms with Gasteiger partial charge in [-0.05, 0) is 0 Å². The molecule has 0 aromatic heterocycles. The van der Waals surface area contributed by atoms with Gasteiger partial charge in [-0.1, -0.05) is 6.08 Å². The largest absolute Gasteiger partial charge is 0.248 e. The Kier molecular flexibility index (Phi) is 3.40. The fraction of sp³-hybridized carbons (Fsp3) is 0.571. The van der Waals surface area contributed by atoms with Crippen molar-refractivity contribution in [2.75, 3.05) is 12.9 Å². The van der Waals surface area contributed by atoms with E-state index < -0.39 is 21.3 Å². The zero-order valence-corrected chi connectivity index (χ0v) is 7.57. The maximum atomic E-state index is 12.3. The standard InChI is InChI=1S/C7H10FNO2S/c1-3-4-7(5-8,6-9)12(2,10)11/h3H,1,4-5H2,2H3. The van der Waals surface area contributed by atoms with E-state index in [2.05, 4.69) is 6.58 Å². The van der Waals surface area contributed by atoms with Crippen molar-refractivity contribution in [1.82, 2.24) is 0 Å². The van der Waals surface area contributed by atoms with Gasteiger partial charge >= 0.3 is 0 Å². The van der Waals surface area contributed by atoms with Gasteiger partial charge < -0.3 is 0 Å². The van der Waals surface area contributed by atoms with E-state index in [1.165, 1.54) is 12.1 Å². The summed E-state index contributed by atoms with van der Waals surface area (Å²) < 4.78 is 32.4. The molecule has 0 aromatic carbocycles. The van der Waals surface area contributed by atoms with Gasteiger partial charge in [0.25, 0.3) is 0 Å². The molecule has 0 saturated heterocycles. The van der Waals surface area contributed by atoms with Crippen LogP contribution in [0.1, 0.15) is 6.42 Å². The minimum atomic E-state index is -3.70. The topological polar surface area (TPSA) is 57.9 Å². The van der Waals surface area contributed by atoms with Crippen LogP contribution in [0.2, 0.25) is 0 Å². The van der Waals surface area contributed by atoms with Crippen molar-refractivity contribution in [3.8, 4) is 6.07 Å². The number of hydrogen-bond acceptors (Lipinski definition) is 3. The summed E-state index contributed by atoms with van der Waals surface area (Å²) in [7, 11) is -3.70. The molecule has 1 atom stereocenters. The Bertz CT molecular complexity index is 304. The van der Waals surface area contributed by atoms with E-state index in [1.807, 2.05) is 0 Å². The first-order valence-corrected chi connectivity index (χ1v) is 5.10. The summed E-state index contributed by atoms with van der Waals surface area (Å²) in [5.74, 6) is 0. The van der Waals surface area contributed by atoms with Crippen molar-refractivity contribution in [1.29, 1.82) is 5.26 Å². The first-order chi connectivity index (χ1) is 5.43. The Hall–Kier alpha value is -0.890. The number of sulfone groups is 1. The van der Waals surface area contributed by atoms with Crippen LogP contribution in [0, 0.1) is 11.3 Å². The smallest absolute Gasteiger partial charge is 0.189 e. The van der Waals surface area contributed by atoms with Gasteiger partial charge in [0.1, 0.15) is 6.67 Å². The van der Waals surface area contributed by atoms with Crippen LogP contribution in [-0.2, 0) is 9.84 Å². The Labute approximate surface area is 71.4 Å². The van der Waals surface area contributed by atoms with Crippen molar-refractivity contribution in [2.24, 2.45) is 0 Å². The Morgan fingerprint density at radius 3 is 2.33 bits per heavy atom. The van der Waals surface area contributed by atoms with Crippen LogP contribution < -0.4 is 0 Å². The fourth-order valence-corrected chi connectivity index (χ4v) is 1.48. The lowest BCUT2D eigenvalue weighted by Crippen LogP contribution is -2.38. The molecule has 0 radical (unpaired) electrons. The molecular formula is C7H10FNO2S. The number of alkyl halides is 1. The first kappa shape index (κ1) is 11.1. The molecule has 0 aliphatic heterocycles. The second-order valence-electron chi connectivity index (χ2n) is 2.50. The summed E-state index contributed by atoms with van der Waals surface area (Å²) in [5, 5.41) is 8.53. The van der Waals surface area contributed by atoms with Crippen molar-refractivity contribution in [3.05, 3.63) is 12.7 Å². The fourth-order valence-electron chi connectivity index (χ4n) is 0.697. The minimum Gasteiger partial charge on any atom is -0.248 e. The number of rotatable bonds is 4. The Morgan fingerprint density at radius 2 is 2.25 bits per heavy atom. The predicted octanol–water partition coefficient (Wildman–Crippen LogP) is 0.839. The summed E-state index contributed by atoms with van der Waals surface area (Å²) in [4.78, 5) is 0. The van der Waals surface area contributed by atoms with E-state index in [9.17, 15) is 12.8 Å². The van der Waals surface area contributed by atoms with E-state index >= 15 is 0 Å². The summed E-state index contributed by atoms with van der Waals surface area (Å²) in [6, 6.07) is 1.47. The molecule has 1 unspecified atom stereocenters. The van der Waals surface area contributed by atoms with Crippen molar-refractivity contribution >= 4 is 9.84 Å². The van der Waals surface area contributed by atoms with Crippen LogP contribution in [-0.4, -0.2) is 26.1 Å². The van der Waals surface area contributed by atoms with Crippen LogP contribution >= 0.6 is 0 Å².